The highest BCUT2D eigenvalue weighted by atomic mass is 19.1. The molecule has 0 radical (unpaired) electrons. The molecule has 0 fully saturated rings. The van der Waals surface area contributed by atoms with Crippen LogP contribution in [-0.2, 0) is 0 Å². The Morgan fingerprint density at radius 1 is 1.31 bits per heavy atom. The summed E-state index contributed by atoms with van der Waals surface area (Å²) in [5.74, 6) is -0.724. The highest BCUT2D eigenvalue weighted by Crippen LogP contribution is 2.32. The van der Waals surface area contributed by atoms with E-state index in [9.17, 15) is 13.6 Å². The third-order valence-electron chi connectivity index (χ3n) is 4.30. The number of urea groups is 1. The summed E-state index contributed by atoms with van der Waals surface area (Å²) in [6.45, 7) is 3.87. The highest BCUT2D eigenvalue weighted by molar-refractivity contribution is 5.89. The number of carbonyl (C=O) groups excluding carboxylic acids is 1. The van der Waals surface area contributed by atoms with Crippen molar-refractivity contribution >= 4 is 17.4 Å². The van der Waals surface area contributed by atoms with E-state index in [0.29, 0.717) is 13.1 Å². The minimum atomic E-state index is -0.813. The lowest BCUT2D eigenvalue weighted by Crippen LogP contribution is -2.47. The number of nitrogens with one attached hydrogen (secondary N) is 1. The van der Waals surface area contributed by atoms with Crippen molar-refractivity contribution in [1.29, 1.82) is 0 Å². The zero-order chi connectivity index (χ0) is 18.7. The van der Waals surface area contributed by atoms with E-state index in [1.165, 1.54) is 11.0 Å². The number of likely N-dealkylation sites (N-methyl/N-ethyl adjacent to an activating group) is 2. The van der Waals surface area contributed by atoms with Gasteiger partial charge >= 0.3 is 6.03 Å². The van der Waals surface area contributed by atoms with Gasteiger partial charge in [0.2, 0.25) is 0 Å². The van der Waals surface area contributed by atoms with Crippen molar-refractivity contribution in [1.82, 2.24) is 4.90 Å². The summed E-state index contributed by atoms with van der Waals surface area (Å²) in [5.41, 5.74) is 0.972. The van der Waals surface area contributed by atoms with Gasteiger partial charge < -0.3 is 19.9 Å². The molecule has 5 nitrogen and oxygen atoms in total. The molecule has 0 aliphatic carbocycles. The van der Waals surface area contributed by atoms with Gasteiger partial charge in [-0.05, 0) is 31.2 Å². The maximum atomic E-state index is 13.7. The van der Waals surface area contributed by atoms with Crippen LogP contribution in [0.25, 0.3) is 0 Å². The van der Waals surface area contributed by atoms with Gasteiger partial charge in [0.1, 0.15) is 23.5 Å². The molecule has 1 heterocycles. The molecule has 1 aliphatic rings. The van der Waals surface area contributed by atoms with Gasteiger partial charge in [-0.15, -0.1) is 0 Å². The van der Waals surface area contributed by atoms with Gasteiger partial charge in [0.05, 0.1) is 24.5 Å². The Bertz CT molecular complexity index is 800. The number of benzene rings is 2. The second-order valence-corrected chi connectivity index (χ2v) is 6.18. The molecule has 26 heavy (non-hydrogen) atoms. The van der Waals surface area contributed by atoms with E-state index >= 15 is 0 Å². The molecule has 1 atom stereocenters. The third-order valence-corrected chi connectivity index (χ3v) is 4.30. The van der Waals surface area contributed by atoms with Gasteiger partial charge in [-0.1, -0.05) is 12.1 Å². The highest BCUT2D eigenvalue weighted by Gasteiger charge is 2.26. The van der Waals surface area contributed by atoms with Crippen molar-refractivity contribution in [3.8, 4) is 5.75 Å². The fraction of sp³-hybridized carbons (Fsp3) is 0.316. The number of para-hydroxylation sites is 2. The normalized spacial score (nSPS) is 15.8. The summed E-state index contributed by atoms with van der Waals surface area (Å²) in [5, 5.41) is 2.45. The second kappa shape index (κ2) is 7.59. The Labute approximate surface area is 151 Å². The van der Waals surface area contributed by atoms with Gasteiger partial charge in [-0.2, -0.15) is 0 Å². The van der Waals surface area contributed by atoms with Gasteiger partial charge in [-0.25, -0.2) is 13.6 Å². The molecule has 138 valence electrons. The van der Waals surface area contributed by atoms with Crippen molar-refractivity contribution in [3.63, 3.8) is 0 Å². The number of anilines is 2. The van der Waals surface area contributed by atoms with Crippen LogP contribution in [0.3, 0.4) is 0 Å². The molecule has 2 aromatic carbocycles. The van der Waals surface area contributed by atoms with Crippen LogP contribution in [0.2, 0.25) is 0 Å². The number of ether oxygens (including phenoxy) is 1. The van der Waals surface area contributed by atoms with Crippen molar-refractivity contribution in [2.75, 3.05) is 36.9 Å². The number of halogens is 2. The van der Waals surface area contributed by atoms with Crippen LogP contribution in [0.4, 0.5) is 25.0 Å². The SMILES string of the molecule is CCN1C[C@@H](CN(C)C(=O)Nc2ccc(F)cc2F)Oc2ccccc21. The van der Waals surface area contributed by atoms with E-state index in [-0.39, 0.29) is 11.8 Å². The van der Waals surface area contributed by atoms with Crippen LogP contribution in [-0.4, -0.2) is 43.7 Å². The fourth-order valence-electron chi connectivity index (χ4n) is 2.96. The number of hydrogen-bond acceptors (Lipinski definition) is 3. The largest absolute Gasteiger partial charge is 0.485 e. The summed E-state index contributed by atoms with van der Waals surface area (Å²) in [7, 11) is 1.61. The number of amides is 2. The van der Waals surface area contributed by atoms with Crippen LogP contribution in [0.15, 0.2) is 42.5 Å². The first-order valence-electron chi connectivity index (χ1n) is 8.45. The first-order chi connectivity index (χ1) is 12.5. The van der Waals surface area contributed by atoms with Crippen LogP contribution in [0, 0.1) is 11.6 Å². The Balaban J connectivity index is 1.64. The van der Waals surface area contributed by atoms with Crippen molar-refractivity contribution in [3.05, 3.63) is 54.1 Å². The van der Waals surface area contributed by atoms with Gasteiger partial charge in [0.15, 0.2) is 0 Å². The first-order valence-corrected chi connectivity index (χ1v) is 8.45. The van der Waals surface area contributed by atoms with E-state index in [1.807, 2.05) is 24.3 Å². The molecule has 2 aromatic rings. The number of fused-ring (bicyclic) bond motifs is 1. The van der Waals surface area contributed by atoms with Crippen LogP contribution >= 0.6 is 0 Å². The molecule has 3 rings (SSSR count). The van der Waals surface area contributed by atoms with E-state index in [1.54, 1.807) is 7.05 Å². The summed E-state index contributed by atoms with van der Waals surface area (Å²) in [6, 6.07) is 10.3. The standard InChI is InChI=1S/C19H21F2N3O2/c1-3-24-12-14(26-18-7-5-4-6-17(18)24)11-23(2)19(25)22-16-9-8-13(20)10-15(16)21/h4-10,14H,3,11-12H2,1-2H3,(H,22,25)/t14-/m1/s1. The summed E-state index contributed by atoms with van der Waals surface area (Å²) in [4.78, 5) is 15.9. The summed E-state index contributed by atoms with van der Waals surface area (Å²) in [6.07, 6.45) is -0.210. The Hall–Kier alpha value is -2.83. The molecule has 0 bridgehead atoms. The van der Waals surface area contributed by atoms with Crippen molar-refractivity contribution < 1.29 is 18.3 Å². The van der Waals surface area contributed by atoms with Crippen molar-refractivity contribution in [2.45, 2.75) is 13.0 Å². The van der Waals surface area contributed by atoms with Crippen LogP contribution in [0.5, 0.6) is 5.75 Å². The molecule has 7 heteroatoms. The van der Waals surface area contributed by atoms with Gasteiger partial charge in [-0.3, -0.25) is 0 Å². The predicted molar refractivity (Wildman–Crippen MR) is 96.8 cm³/mol. The summed E-state index contributed by atoms with van der Waals surface area (Å²) < 4.78 is 32.6. The Morgan fingerprint density at radius 3 is 2.81 bits per heavy atom. The molecule has 2 amide bonds. The van der Waals surface area contributed by atoms with Gasteiger partial charge in [0.25, 0.3) is 0 Å². The van der Waals surface area contributed by atoms with E-state index in [2.05, 4.69) is 17.1 Å². The van der Waals surface area contributed by atoms with E-state index in [0.717, 1.165) is 30.1 Å². The number of carbonyl (C=O) groups is 1. The summed E-state index contributed by atoms with van der Waals surface area (Å²) >= 11 is 0. The Kier molecular flexibility index (Phi) is 5.25. The average Bonchev–Trinajstić information content (AvgIpc) is 2.63. The van der Waals surface area contributed by atoms with Gasteiger partial charge in [0, 0.05) is 19.7 Å². The topological polar surface area (TPSA) is 44.8 Å². The molecule has 0 saturated heterocycles. The van der Waals surface area contributed by atoms with E-state index < -0.39 is 17.7 Å². The lowest BCUT2D eigenvalue weighted by atomic mass is 10.2. The molecule has 1 aliphatic heterocycles. The second-order valence-electron chi connectivity index (χ2n) is 6.18. The molecule has 0 saturated carbocycles. The molecule has 1 N–H and O–H groups in total. The van der Waals surface area contributed by atoms with Crippen LogP contribution < -0.4 is 15.0 Å². The zero-order valence-corrected chi connectivity index (χ0v) is 14.7. The maximum Gasteiger partial charge on any atom is 0.321 e. The predicted octanol–water partition coefficient (Wildman–Crippen LogP) is 3.72. The Morgan fingerprint density at radius 2 is 2.08 bits per heavy atom. The molecular formula is C19H21F2N3O2. The third kappa shape index (κ3) is 3.87. The monoisotopic (exact) mass is 361 g/mol. The first kappa shape index (κ1) is 18.0. The van der Waals surface area contributed by atoms with Crippen molar-refractivity contribution in [2.24, 2.45) is 0 Å². The molecule has 0 unspecified atom stereocenters. The number of hydrogen-bond donors (Lipinski definition) is 1. The smallest absolute Gasteiger partial charge is 0.321 e. The van der Waals surface area contributed by atoms with Crippen LogP contribution in [0.1, 0.15) is 6.92 Å². The number of rotatable bonds is 4. The minimum absolute atomic E-state index is 0.0617. The average molecular weight is 361 g/mol. The quantitative estimate of drug-likeness (QED) is 0.903. The minimum Gasteiger partial charge on any atom is -0.485 e. The maximum absolute atomic E-state index is 13.7. The van der Waals surface area contributed by atoms with E-state index in [4.69, 9.17) is 4.74 Å². The number of nitrogens with zero attached hydrogens (tertiary/aromatic N) is 2. The molecular weight excluding hydrogens is 340 g/mol. The fourth-order valence-corrected chi connectivity index (χ4v) is 2.96. The zero-order valence-electron chi connectivity index (χ0n) is 14.7. The lowest BCUT2D eigenvalue weighted by molar-refractivity contribution is 0.150. The lowest BCUT2D eigenvalue weighted by Gasteiger charge is -2.37. The molecule has 0 spiro atoms. The molecule has 0 aromatic heterocycles.